The number of rotatable bonds is 5. The number of nitrogens with two attached hydrogens (primary N) is 1. The van der Waals surface area contributed by atoms with Crippen LogP contribution in [0.3, 0.4) is 0 Å². The lowest BCUT2D eigenvalue weighted by molar-refractivity contribution is -0.158. The molecule has 3 unspecified atom stereocenters. The Hall–Kier alpha value is -0.130. The van der Waals surface area contributed by atoms with Gasteiger partial charge in [0.1, 0.15) is 9.84 Å². The average Bonchev–Trinajstić information content (AvgIpc) is 2.22. The van der Waals surface area contributed by atoms with Crippen molar-refractivity contribution >= 4 is 9.84 Å². The summed E-state index contributed by atoms with van der Waals surface area (Å²) < 4.78 is 23.1. The fraction of sp³-hybridized carbons (Fsp3) is 1.00. The highest BCUT2D eigenvalue weighted by atomic mass is 32.2. The summed E-state index contributed by atoms with van der Waals surface area (Å²) in [5.74, 6) is 6.91. The van der Waals surface area contributed by atoms with Gasteiger partial charge in [-0.2, -0.15) is 0 Å². The summed E-state index contributed by atoms with van der Waals surface area (Å²) in [6.07, 6.45) is 9.67. The summed E-state index contributed by atoms with van der Waals surface area (Å²) in [6, 6.07) is 0.134. The van der Waals surface area contributed by atoms with Crippen LogP contribution in [0.25, 0.3) is 0 Å². The zero-order chi connectivity index (χ0) is 15.5. The predicted octanol–water partition coefficient (Wildman–Crippen LogP) is 2.25. The monoisotopic (exact) mass is 314 g/mol. The van der Waals surface area contributed by atoms with Crippen LogP contribution in [-0.2, 0) is 9.84 Å². The second-order valence-electron chi connectivity index (χ2n) is 9.13. The Morgan fingerprint density at radius 2 is 1.71 bits per heavy atom. The van der Waals surface area contributed by atoms with Crippen molar-refractivity contribution in [3.05, 3.63) is 0 Å². The Labute approximate surface area is 129 Å². The van der Waals surface area contributed by atoms with E-state index in [0.717, 1.165) is 5.92 Å². The molecule has 0 spiro atoms. The van der Waals surface area contributed by atoms with Crippen LogP contribution in [0.5, 0.6) is 0 Å². The summed E-state index contributed by atoms with van der Waals surface area (Å²) in [5.41, 5.74) is 4.09. The third-order valence-electron chi connectivity index (χ3n) is 6.39. The molecule has 4 bridgehead atoms. The van der Waals surface area contributed by atoms with Crippen LogP contribution in [0.1, 0.15) is 58.8 Å². The first kappa shape index (κ1) is 15.8. The van der Waals surface area contributed by atoms with E-state index in [1.165, 1.54) is 44.8 Å². The van der Waals surface area contributed by atoms with Crippen LogP contribution in [-0.4, -0.2) is 26.5 Å². The second-order valence-corrected chi connectivity index (χ2v) is 11.4. The zero-order valence-corrected chi connectivity index (χ0v) is 14.4. The average molecular weight is 314 g/mol. The molecule has 0 aromatic heterocycles. The molecular weight excluding hydrogens is 284 g/mol. The van der Waals surface area contributed by atoms with Gasteiger partial charge in [-0.1, -0.05) is 13.8 Å². The molecule has 0 amide bonds. The van der Waals surface area contributed by atoms with E-state index in [2.05, 4.69) is 19.3 Å². The Bertz CT molecular complexity index is 512. The van der Waals surface area contributed by atoms with Crippen molar-refractivity contribution in [1.29, 1.82) is 0 Å². The number of hydrogen-bond donors (Lipinski definition) is 2. The standard InChI is InChI=1S/C16H30N2O2S/c1-14-6-12-7-15(2,9-14)11-16(8-12,10-14)13(18-17)4-5-21(3,19)20/h12-13,18H,4-11,17H2,1-3H3. The van der Waals surface area contributed by atoms with Crippen molar-refractivity contribution in [1.82, 2.24) is 5.43 Å². The van der Waals surface area contributed by atoms with Crippen LogP contribution in [0.4, 0.5) is 0 Å². The Morgan fingerprint density at radius 1 is 1.14 bits per heavy atom. The first-order chi connectivity index (χ1) is 9.57. The minimum atomic E-state index is -2.93. The van der Waals surface area contributed by atoms with Crippen LogP contribution < -0.4 is 11.3 Å². The molecule has 0 saturated heterocycles. The SMILES string of the molecule is CC12CC3CC(C)(C1)CC(C(CCS(C)(=O)=O)NN)(C3)C2. The van der Waals surface area contributed by atoms with Crippen LogP contribution in [0.15, 0.2) is 0 Å². The molecule has 3 atom stereocenters. The fourth-order valence-electron chi connectivity index (χ4n) is 6.82. The molecule has 0 aromatic carbocycles. The van der Waals surface area contributed by atoms with Gasteiger partial charge < -0.3 is 0 Å². The zero-order valence-electron chi connectivity index (χ0n) is 13.6. The maximum atomic E-state index is 11.5. The molecule has 4 saturated carbocycles. The summed E-state index contributed by atoms with van der Waals surface area (Å²) >= 11 is 0. The molecule has 0 heterocycles. The highest BCUT2D eigenvalue weighted by Crippen LogP contribution is 2.70. The van der Waals surface area contributed by atoms with Crippen molar-refractivity contribution < 1.29 is 8.42 Å². The van der Waals surface area contributed by atoms with E-state index in [4.69, 9.17) is 5.84 Å². The predicted molar refractivity (Wildman–Crippen MR) is 85.3 cm³/mol. The molecule has 122 valence electrons. The molecule has 4 nitrogen and oxygen atoms in total. The highest BCUT2D eigenvalue weighted by molar-refractivity contribution is 7.90. The largest absolute Gasteiger partial charge is 0.271 e. The topological polar surface area (TPSA) is 72.2 Å². The number of hydrazine groups is 1. The van der Waals surface area contributed by atoms with E-state index < -0.39 is 9.84 Å². The summed E-state index contributed by atoms with van der Waals surface area (Å²) in [4.78, 5) is 0. The summed E-state index contributed by atoms with van der Waals surface area (Å²) in [6.45, 7) is 4.88. The number of sulfone groups is 1. The van der Waals surface area contributed by atoms with E-state index in [9.17, 15) is 8.42 Å². The van der Waals surface area contributed by atoms with Gasteiger partial charge in [0, 0.05) is 12.3 Å². The normalized spacial score (nSPS) is 46.8. The minimum absolute atomic E-state index is 0.134. The molecule has 5 heteroatoms. The van der Waals surface area contributed by atoms with Crippen molar-refractivity contribution in [2.24, 2.45) is 28.0 Å². The third-order valence-corrected chi connectivity index (χ3v) is 7.36. The van der Waals surface area contributed by atoms with Gasteiger partial charge in [0.2, 0.25) is 0 Å². The van der Waals surface area contributed by atoms with Crippen LogP contribution in [0, 0.1) is 22.2 Å². The van der Waals surface area contributed by atoms with Crippen LogP contribution >= 0.6 is 0 Å². The lowest BCUT2D eigenvalue weighted by Crippen LogP contribution is -2.62. The van der Waals surface area contributed by atoms with Gasteiger partial charge in [0.15, 0.2) is 0 Å². The van der Waals surface area contributed by atoms with E-state index >= 15 is 0 Å². The second kappa shape index (κ2) is 4.68. The van der Waals surface area contributed by atoms with Crippen molar-refractivity contribution in [2.75, 3.05) is 12.0 Å². The molecule has 4 aliphatic carbocycles. The molecule has 0 radical (unpaired) electrons. The minimum Gasteiger partial charge on any atom is -0.271 e. The fourth-order valence-corrected chi connectivity index (χ4v) is 7.49. The lowest BCUT2D eigenvalue weighted by Gasteiger charge is -2.67. The van der Waals surface area contributed by atoms with E-state index in [1.807, 2.05) is 0 Å². The molecule has 3 N–H and O–H groups in total. The van der Waals surface area contributed by atoms with Crippen LogP contribution in [0.2, 0.25) is 0 Å². The first-order valence-corrected chi connectivity index (χ1v) is 10.3. The van der Waals surface area contributed by atoms with Gasteiger partial charge in [-0.05, 0) is 67.1 Å². The van der Waals surface area contributed by atoms with Gasteiger partial charge in [-0.3, -0.25) is 11.3 Å². The third kappa shape index (κ3) is 2.89. The Morgan fingerprint density at radius 3 is 2.14 bits per heavy atom. The summed E-state index contributed by atoms with van der Waals surface area (Å²) in [5, 5.41) is 0. The lowest BCUT2D eigenvalue weighted by atomic mass is 9.39. The van der Waals surface area contributed by atoms with Crippen molar-refractivity contribution in [3.63, 3.8) is 0 Å². The molecule has 0 aliphatic heterocycles. The van der Waals surface area contributed by atoms with Gasteiger partial charge in [0.25, 0.3) is 0 Å². The maximum absolute atomic E-state index is 11.5. The molecule has 21 heavy (non-hydrogen) atoms. The number of hydrogen-bond acceptors (Lipinski definition) is 4. The molecule has 4 fully saturated rings. The van der Waals surface area contributed by atoms with Crippen molar-refractivity contribution in [2.45, 2.75) is 64.8 Å². The van der Waals surface area contributed by atoms with Crippen molar-refractivity contribution in [3.8, 4) is 0 Å². The van der Waals surface area contributed by atoms with Gasteiger partial charge >= 0.3 is 0 Å². The number of nitrogens with one attached hydrogen (secondary N) is 1. The molecule has 4 rings (SSSR count). The highest BCUT2D eigenvalue weighted by Gasteiger charge is 2.61. The maximum Gasteiger partial charge on any atom is 0.147 e. The molecule has 0 aromatic rings. The van der Waals surface area contributed by atoms with Gasteiger partial charge in [-0.25, -0.2) is 8.42 Å². The quantitative estimate of drug-likeness (QED) is 0.603. The van der Waals surface area contributed by atoms with E-state index in [1.54, 1.807) is 0 Å². The first-order valence-electron chi connectivity index (χ1n) is 8.21. The van der Waals surface area contributed by atoms with E-state index in [-0.39, 0.29) is 17.2 Å². The summed E-state index contributed by atoms with van der Waals surface area (Å²) in [7, 11) is -2.93. The molecule has 4 aliphatic rings. The smallest absolute Gasteiger partial charge is 0.147 e. The van der Waals surface area contributed by atoms with Gasteiger partial charge in [0.05, 0.1) is 5.75 Å². The van der Waals surface area contributed by atoms with Gasteiger partial charge in [-0.15, -0.1) is 0 Å². The molecular formula is C16H30N2O2S. The Kier molecular flexibility index (Phi) is 3.51. The Balaban J connectivity index is 1.85. The van der Waals surface area contributed by atoms with E-state index in [0.29, 0.717) is 17.3 Å².